The van der Waals surface area contributed by atoms with Crippen LogP contribution < -0.4 is 9.47 Å². The molecule has 8 nitrogen and oxygen atoms in total. The van der Waals surface area contributed by atoms with Crippen LogP contribution in [0.4, 0.5) is 0 Å². The molecule has 4 aromatic rings. The molecule has 0 spiro atoms. The zero-order chi connectivity index (χ0) is 22.2. The lowest BCUT2D eigenvalue weighted by Crippen LogP contribution is -2.16. The van der Waals surface area contributed by atoms with E-state index in [0.717, 1.165) is 5.56 Å². The van der Waals surface area contributed by atoms with Crippen molar-refractivity contribution in [2.24, 2.45) is 0 Å². The minimum Gasteiger partial charge on any atom is -0.494 e. The van der Waals surface area contributed by atoms with E-state index in [-0.39, 0.29) is 5.88 Å². The molecule has 0 atom stereocenters. The summed E-state index contributed by atoms with van der Waals surface area (Å²) in [6, 6.07) is 11.2. The molecule has 0 amide bonds. The third-order valence-corrected chi connectivity index (χ3v) is 5.11. The average molecular weight is 415 g/mol. The van der Waals surface area contributed by atoms with E-state index in [2.05, 4.69) is 21.0 Å². The number of rotatable bonds is 5. The van der Waals surface area contributed by atoms with Crippen molar-refractivity contribution in [2.45, 2.75) is 19.3 Å². The SMILES string of the molecule is COc1cc(-c2ccc3c(O)n(-c4ccnc(C(C)(C)C#N)c4)cc3n2)cnc1OC. The highest BCUT2D eigenvalue weighted by Gasteiger charge is 2.22. The van der Waals surface area contributed by atoms with Crippen molar-refractivity contribution in [1.29, 1.82) is 5.26 Å². The third kappa shape index (κ3) is 3.51. The summed E-state index contributed by atoms with van der Waals surface area (Å²) in [5, 5.41) is 20.8. The summed E-state index contributed by atoms with van der Waals surface area (Å²) in [4.78, 5) is 13.3. The van der Waals surface area contributed by atoms with Gasteiger partial charge in [-0.1, -0.05) is 0 Å². The number of hydrogen-bond donors (Lipinski definition) is 1. The van der Waals surface area contributed by atoms with Gasteiger partial charge in [-0.2, -0.15) is 5.26 Å². The normalized spacial score (nSPS) is 11.3. The highest BCUT2D eigenvalue weighted by Crippen LogP contribution is 2.34. The first kappa shape index (κ1) is 20.2. The first-order valence-electron chi connectivity index (χ1n) is 9.55. The Morgan fingerprint density at radius 1 is 1.10 bits per heavy atom. The predicted octanol–water partition coefficient (Wildman–Crippen LogP) is 4.01. The van der Waals surface area contributed by atoms with E-state index in [1.807, 2.05) is 12.1 Å². The summed E-state index contributed by atoms with van der Waals surface area (Å²) in [7, 11) is 3.08. The van der Waals surface area contributed by atoms with E-state index in [0.29, 0.717) is 39.6 Å². The van der Waals surface area contributed by atoms with Gasteiger partial charge in [0, 0.05) is 24.2 Å². The van der Waals surface area contributed by atoms with Gasteiger partial charge >= 0.3 is 0 Å². The number of hydrogen-bond acceptors (Lipinski definition) is 7. The molecule has 31 heavy (non-hydrogen) atoms. The van der Waals surface area contributed by atoms with Crippen molar-refractivity contribution in [3.8, 4) is 40.5 Å². The van der Waals surface area contributed by atoms with Crippen LogP contribution in [0.1, 0.15) is 19.5 Å². The summed E-state index contributed by atoms with van der Waals surface area (Å²) in [5.41, 5.74) is 2.62. The Morgan fingerprint density at radius 3 is 2.61 bits per heavy atom. The molecule has 156 valence electrons. The number of fused-ring (bicyclic) bond motifs is 1. The minimum atomic E-state index is -0.746. The van der Waals surface area contributed by atoms with Crippen LogP contribution in [0.5, 0.6) is 17.5 Å². The molecule has 0 radical (unpaired) electrons. The van der Waals surface area contributed by atoms with E-state index >= 15 is 0 Å². The van der Waals surface area contributed by atoms with Crippen molar-refractivity contribution in [1.82, 2.24) is 19.5 Å². The zero-order valence-electron chi connectivity index (χ0n) is 17.6. The molecule has 0 aliphatic heterocycles. The fourth-order valence-corrected chi connectivity index (χ4v) is 3.27. The Balaban J connectivity index is 1.79. The van der Waals surface area contributed by atoms with Crippen molar-refractivity contribution in [3.63, 3.8) is 0 Å². The van der Waals surface area contributed by atoms with Gasteiger partial charge < -0.3 is 14.6 Å². The molecule has 0 aromatic carbocycles. The molecule has 4 rings (SSSR count). The molecule has 0 aliphatic rings. The summed E-state index contributed by atoms with van der Waals surface area (Å²) in [5.74, 6) is 0.961. The number of methoxy groups -OCH3 is 2. The quantitative estimate of drug-likeness (QED) is 0.525. The predicted molar refractivity (Wildman–Crippen MR) is 116 cm³/mol. The third-order valence-electron chi connectivity index (χ3n) is 5.11. The van der Waals surface area contributed by atoms with Crippen LogP contribution in [0.3, 0.4) is 0 Å². The van der Waals surface area contributed by atoms with Gasteiger partial charge in [0.15, 0.2) is 5.75 Å². The van der Waals surface area contributed by atoms with Crippen molar-refractivity contribution >= 4 is 10.9 Å². The number of aromatic nitrogens is 4. The van der Waals surface area contributed by atoms with E-state index < -0.39 is 5.41 Å². The highest BCUT2D eigenvalue weighted by molar-refractivity contribution is 5.87. The smallest absolute Gasteiger partial charge is 0.256 e. The second-order valence-electron chi connectivity index (χ2n) is 7.52. The Labute approximate surface area is 179 Å². The largest absolute Gasteiger partial charge is 0.494 e. The number of nitriles is 1. The second-order valence-corrected chi connectivity index (χ2v) is 7.52. The average Bonchev–Trinajstić information content (AvgIpc) is 3.14. The Hall–Kier alpha value is -4.12. The van der Waals surface area contributed by atoms with E-state index in [4.69, 9.17) is 9.47 Å². The maximum atomic E-state index is 10.8. The lowest BCUT2D eigenvalue weighted by molar-refractivity contribution is 0.343. The fourth-order valence-electron chi connectivity index (χ4n) is 3.27. The molecule has 0 aliphatic carbocycles. The zero-order valence-corrected chi connectivity index (χ0v) is 17.6. The standard InChI is InChI=1S/C23H21N5O3/c1-23(2,13-24)20-10-15(7-8-25-20)28-12-18-16(22(28)29)5-6-17(27-18)14-9-19(30-3)21(31-4)26-11-14/h5-12,29H,1-4H3. The highest BCUT2D eigenvalue weighted by atomic mass is 16.5. The van der Waals surface area contributed by atoms with Crippen LogP contribution in [-0.4, -0.2) is 38.8 Å². The Morgan fingerprint density at radius 2 is 1.90 bits per heavy atom. The molecular weight excluding hydrogens is 394 g/mol. The Kier molecular flexibility index (Phi) is 4.95. The number of ether oxygens (including phenoxy) is 2. The van der Waals surface area contributed by atoms with Gasteiger partial charge in [0.1, 0.15) is 0 Å². The molecular formula is C23H21N5O3. The van der Waals surface area contributed by atoms with Gasteiger partial charge in [0.25, 0.3) is 5.88 Å². The van der Waals surface area contributed by atoms with Crippen LogP contribution in [0, 0.1) is 11.3 Å². The second kappa shape index (κ2) is 7.61. The number of nitrogens with zero attached hydrogens (tertiary/aromatic N) is 5. The number of pyridine rings is 3. The maximum absolute atomic E-state index is 10.8. The maximum Gasteiger partial charge on any atom is 0.256 e. The lowest BCUT2D eigenvalue weighted by atomic mass is 9.90. The van der Waals surface area contributed by atoms with Gasteiger partial charge in [0.05, 0.1) is 53.7 Å². The number of aromatic hydroxyl groups is 1. The van der Waals surface area contributed by atoms with Gasteiger partial charge in [-0.25, -0.2) is 9.97 Å². The molecule has 1 N–H and O–H groups in total. The first-order chi connectivity index (χ1) is 14.9. The van der Waals surface area contributed by atoms with Crippen LogP contribution in [0.15, 0.2) is 48.9 Å². The van der Waals surface area contributed by atoms with Crippen LogP contribution in [0.2, 0.25) is 0 Å². The lowest BCUT2D eigenvalue weighted by Gasteiger charge is -2.15. The Bertz CT molecular complexity index is 1320. The van der Waals surface area contributed by atoms with E-state index in [9.17, 15) is 10.4 Å². The molecule has 0 fully saturated rings. The van der Waals surface area contributed by atoms with Crippen molar-refractivity contribution in [2.75, 3.05) is 14.2 Å². The van der Waals surface area contributed by atoms with Crippen LogP contribution >= 0.6 is 0 Å². The van der Waals surface area contributed by atoms with E-state index in [1.54, 1.807) is 62.3 Å². The van der Waals surface area contributed by atoms with E-state index in [1.165, 1.54) is 7.11 Å². The van der Waals surface area contributed by atoms with Gasteiger partial charge in [-0.05, 0) is 44.2 Å². The minimum absolute atomic E-state index is 0.0615. The molecule has 0 saturated heterocycles. The van der Waals surface area contributed by atoms with Gasteiger partial charge in [-0.3, -0.25) is 9.55 Å². The van der Waals surface area contributed by atoms with Crippen molar-refractivity contribution < 1.29 is 14.6 Å². The summed E-state index contributed by atoms with van der Waals surface area (Å²) in [6.07, 6.45) is 5.04. The summed E-state index contributed by atoms with van der Waals surface area (Å²) >= 11 is 0. The van der Waals surface area contributed by atoms with Gasteiger partial charge in [0.2, 0.25) is 5.88 Å². The fraction of sp³-hybridized carbons (Fsp3) is 0.217. The molecule has 4 heterocycles. The molecule has 0 saturated carbocycles. The molecule has 0 bridgehead atoms. The summed E-state index contributed by atoms with van der Waals surface area (Å²) in [6.45, 7) is 3.60. The summed E-state index contributed by atoms with van der Waals surface area (Å²) < 4.78 is 12.1. The van der Waals surface area contributed by atoms with Crippen LogP contribution in [0.25, 0.3) is 27.8 Å². The van der Waals surface area contributed by atoms with Crippen molar-refractivity contribution in [3.05, 3.63) is 54.6 Å². The van der Waals surface area contributed by atoms with Gasteiger partial charge in [-0.15, -0.1) is 0 Å². The monoisotopic (exact) mass is 415 g/mol. The molecule has 4 aromatic heterocycles. The molecule has 8 heteroatoms. The first-order valence-corrected chi connectivity index (χ1v) is 9.55. The van der Waals surface area contributed by atoms with Crippen LogP contribution in [-0.2, 0) is 5.41 Å². The topological polar surface area (TPSA) is 106 Å². The molecule has 0 unspecified atom stereocenters.